The molecule has 2 aromatic rings. The average Bonchev–Trinajstić information content (AvgIpc) is 2.97. The van der Waals surface area contributed by atoms with Crippen LogP contribution in [0.5, 0.6) is 5.75 Å². The Balaban J connectivity index is 1.59. The van der Waals surface area contributed by atoms with Crippen LogP contribution in [0.1, 0.15) is 44.4 Å². The van der Waals surface area contributed by atoms with Gasteiger partial charge in [-0.25, -0.2) is 4.79 Å². The number of rotatable bonds is 7. The first-order valence-electron chi connectivity index (χ1n) is 10.7. The van der Waals surface area contributed by atoms with E-state index in [-0.39, 0.29) is 17.9 Å². The molecule has 1 heterocycles. The predicted octanol–water partition coefficient (Wildman–Crippen LogP) is 3.12. The minimum atomic E-state index is -1.20. The van der Waals surface area contributed by atoms with Crippen molar-refractivity contribution in [2.75, 3.05) is 20.2 Å². The van der Waals surface area contributed by atoms with Crippen molar-refractivity contribution in [1.29, 1.82) is 0 Å². The lowest BCUT2D eigenvalue weighted by atomic mass is 9.84. The number of hydrogen-bond acceptors (Lipinski definition) is 4. The van der Waals surface area contributed by atoms with Crippen molar-refractivity contribution >= 4 is 17.8 Å². The summed E-state index contributed by atoms with van der Waals surface area (Å²) in [5.41, 5.74) is 1.66. The van der Waals surface area contributed by atoms with Gasteiger partial charge >= 0.3 is 6.03 Å². The van der Waals surface area contributed by atoms with Gasteiger partial charge in [0.25, 0.3) is 5.91 Å². The summed E-state index contributed by atoms with van der Waals surface area (Å²) in [6.45, 7) is 8.09. The molecule has 4 amide bonds. The molecule has 1 fully saturated rings. The minimum absolute atomic E-state index is 0.0156. The highest BCUT2D eigenvalue weighted by Gasteiger charge is 2.49. The summed E-state index contributed by atoms with van der Waals surface area (Å²) in [6.07, 6.45) is 0.633. The molecule has 0 radical (unpaired) electrons. The van der Waals surface area contributed by atoms with Crippen molar-refractivity contribution in [3.63, 3.8) is 0 Å². The van der Waals surface area contributed by atoms with Crippen LogP contribution in [0.15, 0.2) is 48.5 Å². The Labute approximate surface area is 189 Å². The van der Waals surface area contributed by atoms with Gasteiger partial charge in [-0.15, -0.1) is 0 Å². The van der Waals surface area contributed by atoms with E-state index in [1.54, 1.807) is 14.0 Å². The Morgan fingerprint density at radius 1 is 1.06 bits per heavy atom. The Hall–Kier alpha value is -3.35. The highest BCUT2D eigenvalue weighted by Crippen LogP contribution is 2.31. The normalized spacial score (nSPS) is 18.5. The lowest BCUT2D eigenvalue weighted by Crippen LogP contribution is -2.43. The van der Waals surface area contributed by atoms with Gasteiger partial charge in [0.15, 0.2) is 0 Å². The second-order valence-corrected chi connectivity index (χ2v) is 9.22. The zero-order valence-corrected chi connectivity index (χ0v) is 19.3. The Morgan fingerprint density at radius 2 is 1.69 bits per heavy atom. The molecule has 3 rings (SSSR count). The van der Waals surface area contributed by atoms with Gasteiger partial charge in [-0.05, 0) is 47.6 Å². The van der Waals surface area contributed by atoms with E-state index in [2.05, 4.69) is 31.4 Å². The first kappa shape index (κ1) is 23.3. The topological polar surface area (TPSA) is 87.7 Å². The van der Waals surface area contributed by atoms with E-state index in [4.69, 9.17) is 4.74 Å². The predicted molar refractivity (Wildman–Crippen MR) is 122 cm³/mol. The van der Waals surface area contributed by atoms with Crippen LogP contribution in [0.2, 0.25) is 0 Å². The molecule has 0 unspecified atom stereocenters. The average molecular weight is 438 g/mol. The van der Waals surface area contributed by atoms with Gasteiger partial charge in [0.1, 0.15) is 17.8 Å². The van der Waals surface area contributed by atoms with E-state index in [1.807, 2.05) is 48.5 Å². The quantitative estimate of drug-likeness (QED) is 0.652. The monoisotopic (exact) mass is 437 g/mol. The van der Waals surface area contributed by atoms with Crippen LogP contribution in [0, 0.1) is 0 Å². The third kappa shape index (κ3) is 4.93. The zero-order valence-electron chi connectivity index (χ0n) is 19.3. The summed E-state index contributed by atoms with van der Waals surface area (Å²) in [7, 11) is 1.61. The zero-order chi connectivity index (χ0) is 23.5. The number of nitrogens with one attached hydrogen (secondary N) is 2. The second-order valence-electron chi connectivity index (χ2n) is 9.22. The van der Waals surface area contributed by atoms with Crippen LogP contribution in [-0.4, -0.2) is 42.9 Å². The fraction of sp³-hybridized carbons (Fsp3) is 0.400. The highest BCUT2D eigenvalue weighted by molar-refractivity contribution is 6.09. The number of carbonyl (C=O) groups is 3. The van der Waals surface area contributed by atoms with Crippen LogP contribution in [0.25, 0.3) is 0 Å². The molecule has 7 heteroatoms. The molecule has 2 N–H and O–H groups in total. The van der Waals surface area contributed by atoms with Crippen molar-refractivity contribution in [1.82, 2.24) is 15.5 Å². The first-order chi connectivity index (χ1) is 15.0. The van der Waals surface area contributed by atoms with Gasteiger partial charge in [-0.2, -0.15) is 0 Å². The van der Waals surface area contributed by atoms with Crippen molar-refractivity contribution in [2.45, 2.75) is 45.1 Å². The highest BCUT2D eigenvalue weighted by atomic mass is 16.5. The van der Waals surface area contributed by atoms with Crippen molar-refractivity contribution in [3.8, 4) is 5.75 Å². The number of urea groups is 1. The smallest absolute Gasteiger partial charge is 0.325 e. The number of imide groups is 1. The SMILES string of the molecule is COc1ccc(CCNC(=O)CN2C(=O)N[C@](C)(c3ccc(C(C)(C)C)cc3)C2=O)cc1. The number of carbonyl (C=O) groups excluding carboxylic acids is 3. The van der Waals surface area contributed by atoms with Gasteiger partial charge in [0, 0.05) is 6.54 Å². The lowest BCUT2D eigenvalue weighted by Gasteiger charge is -2.24. The van der Waals surface area contributed by atoms with E-state index >= 15 is 0 Å². The van der Waals surface area contributed by atoms with Crippen LogP contribution < -0.4 is 15.4 Å². The van der Waals surface area contributed by atoms with Gasteiger partial charge in [0.2, 0.25) is 5.91 Å². The lowest BCUT2D eigenvalue weighted by molar-refractivity contribution is -0.134. The van der Waals surface area contributed by atoms with Gasteiger partial charge in [0.05, 0.1) is 7.11 Å². The summed E-state index contributed by atoms with van der Waals surface area (Å²) < 4.78 is 5.13. The van der Waals surface area contributed by atoms with Gasteiger partial charge in [-0.1, -0.05) is 57.2 Å². The fourth-order valence-corrected chi connectivity index (χ4v) is 3.68. The third-order valence-corrected chi connectivity index (χ3v) is 5.80. The molecule has 0 aromatic heterocycles. The maximum atomic E-state index is 13.1. The number of ether oxygens (including phenoxy) is 1. The first-order valence-corrected chi connectivity index (χ1v) is 10.7. The minimum Gasteiger partial charge on any atom is -0.497 e. The number of amides is 4. The van der Waals surface area contributed by atoms with E-state index in [1.165, 1.54) is 0 Å². The standard InChI is InChI=1S/C25H31N3O4/c1-24(2,3)18-8-10-19(11-9-18)25(4)22(30)28(23(31)27-25)16-21(29)26-15-14-17-6-12-20(32-5)13-7-17/h6-13H,14-16H2,1-5H3,(H,26,29)(H,27,31)/t25-/m1/s1. The Bertz CT molecular complexity index is 993. The van der Waals surface area contributed by atoms with Gasteiger partial charge in [-0.3, -0.25) is 14.5 Å². The van der Waals surface area contributed by atoms with E-state index in [0.29, 0.717) is 18.5 Å². The third-order valence-electron chi connectivity index (χ3n) is 5.80. The molecule has 0 spiro atoms. The number of hydrogen-bond donors (Lipinski definition) is 2. The fourth-order valence-electron chi connectivity index (χ4n) is 3.68. The number of nitrogens with zero attached hydrogens (tertiary/aromatic N) is 1. The second kappa shape index (κ2) is 9.02. The molecule has 0 aliphatic carbocycles. The van der Waals surface area contributed by atoms with Crippen molar-refractivity contribution in [3.05, 3.63) is 65.2 Å². The molecule has 32 heavy (non-hydrogen) atoms. The Morgan fingerprint density at radius 3 is 2.25 bits per heavy atom. The summed E-state index contributed by atoms with van der Waals surface area (Å²) in [4.78, 5) is 38.9. The van der Waals surface area contributed by atoms with Crippen LogP contribution in [0.3, 0.4) is 0 Å². The largest absolute Gasteiger partial charge is 0.497 e. The van der Waals surface area contributed by atoms with Gasteiger partial charge < -0.3 is 15.4 Å². The molecular formula is C25H31N3O4. The molecule has 170 valence electrons. The summed E-state index contributed by atoms with van der Waals surface area (Å²) in [5.74, 6) is -0.0434. The molecule has 0 bridgehead atoms. The number of methoxy groups -OCH3 is 1. The van der Waals surface area contributed by atoms with Crippen molar-refractivity contribution in [2.24, 2.45) is 0 Å². The molecule has 1 aliphatic heterocycles. The van der Waals surface area contributed by atoms with E-state index in [0.717, 1.165) is 21.8 Å². The molecule has 0 saturated carbocycles. The molecule has 7 nitrogen and oxygen atoms in total. The van der Waals surface area contributed by atoms with E-state index < -0.39 is 17.5 Å². The Kier molecular flexibility index (Phi) is 6.57. The molecular weight excluding hydrogens is 406 g/mol. The van der Waals surface area contributed by atoms with Crippen LogP contribution >= 0.6 is 0 Å². The molecule has 2 aromatic carbocycles. The van der Waals surface area contributed by atoms with Crippen molar-refractivity contribution < 1.29 is 19.1 Å². The summed E-state index contributed by atoms with van der Waals surface area (Å²) >= 11 is 0. The van der Waals surface area contributed by atoms with Crippen LogP contribution in [-0.2, 0) is 27.0 Å². The summed E-state index contributed by atoms with van der Waals surface area (Å²) in [6, 6.07) is 14.7. The summed E-state index contributed by atoms with van der Waals surface area (Å²) in [5, 5.41) is 5.52. The number of benzene rings is 2. The van der Waals surface area contributed by atoms with E-state index in [9.17, 15) is 14.4 Å². The maximum Gasteiger partial charge on any atom is 0.325 e. The molecule has 1 aliphatic rings. The van der Waals surface area contributed by atoms with Crippen LogP contribution in [0.4, 0.5) is 4.79 Å². The molecule has 1 saturated heterocycles. The maximum absolute atomic E-state index is 13.1. The molecule has 1 atom stereocenters.